The van der Waals surface area contributed by atoms with Crippen LogP contribution in [0, 0.1) is 5.92 Å². The van der Waals surface area contributed by atoms with Crippen LogP contribution in [0.4, 0.5) is 5.69 Å². The highest BCUT2D eigenvalue weighted by Crippen LogP contribution is 2.27. The Labute approximate surface area is 178 Å². The zero-order valence-electron chi connectivity index (χ0n) is 15.9. The first-order valence-corrected chi connectivity index (χ1v) is 12.6. The van der Waals surface area contributed by atoms with Crippen molar-refractivity contribution in [1.82, 2.24) is 9.29 Å². The van der Waals surface area contributed by atoms with Gasteiger partial charge in [0.25, 0.3) is 5.91 Å². The number of aromatic nitrogens is 1. The first-order valence-electron chi connectivity index (χ1n) is 9.33. The predicted molar refractivity (Wildman–Crippen MR) is 117 cm³/mol. The van der Waals surface area contributed by atoms with Gasteiger partial charge in [-0.25, -0.2) is 13.4 Å². The molecule has 1 N–H and O–H groups in total. The second kappa shape index (κ2) is 8.35. The number of thiophene rings is 1. The van der Waals surface area contributed by atoms with Crippen LogP contribution in [0.2, 0.25) is 0 Å². The number of amides is 1. The van der Waals surface area contributed by atoms with Crippen LogP contribution in [-0.4, -0.2) is 36.7 Å². The molecule has 1 aliphatic heterocycles. The minimum atomic E-state index is -3.49. The average Bonchev–Trinajstić information content (AvgIpc) is 3.40. The molecule has 4 rings (SSSR count). The van der Waals surface area contributed by atoms with Crippen molar-refractivity contribution in [3.63, 3.8) is 0 Å². The van der Waals surface area contributed by atoms with E-state index in [0.29, 0.717) is 30.4 Å². The number of carbonyl (C=O) groups excluding carboxylic acids is 1. The zero-order chi connectivity index (χ0) is 20.4. The van der Waals surface area contributed by atoms with E-state index in [1.165, 1.54) is 11.3 Å². The smallest absolute Gasteiger partial charge is 0.275 e. The second-order valence-electron chi connectivity index (χ2n) is 7.12. The van der Waals surface area contributed by atoms with Crippen molar-refractivity contribution in [2.75, 3.05) is 18.4 Å². The minimum absolute atomic E-state index is 0.249. The Morgan fingerprint density at radius 2 is 1.86 bits per heavy atom. The van der Waals surface area contributed by atoms with E-state index in [2.05, 4.69) is 17.2 Å². The van der Waals surface area contributed by atoms with Crippen LogP contribution in [0.3, 0.4) is 0 Å². The number of anilines is 1. The normalized spacial score (nSPS) is 16.0. The summed E-state index contributed by atoms with van der Waals surface area (Å²) in [5.74, 6) is 0.244. The molecule has 3 heterocycles. The van der Waals surface area contributed by atoms with Gasteiger partial charge < -0.3 is 5.32 Å². The third-order valence-electron chi connectivity index (χ3n) is 5.00. The zero-order valence-corrected chi connectivity index (χ0v) is 18.3. The van der Waals surface area contributed by atoms with Crippen LogP contribution >= 0.6 is 22.7 Å². The largest absolute Gasteiger partial charge is 0.321 e. The molecule has 0 bridgehead atoms. The summed E-state index contributed by atoms with van der Waals surface area (Å²) >= 11 is 3.00. The lowest BCUT2D eigenvalue weighted by atomic mass is 10.0. The highest BCUT2D eigenvalue weighted by Gasteiger charge is 2.28. The molecular weight excluding hydrogens is 426 g/mol. The third kappa shape index (κ3) is 4.42. The highest BCUT2D eigenvalue weighted by molar-refractivity contribution is 7.89. The van der Waals surface area contributed by atoms with E-state index in [9.17, 15) is 13.2 Å². The SMILES string of the molecule is CC1CCN(S(=O)(=O)c2ccc(NC(=O)c3csc(-c4ccsc4)n3)cc2)CC1. The van der Waals surface area contributed by atoms with Gasteiger partial charge in [0.15, 0.2) is 0 Å². The molecule has 9 heteroatoms. The van der Waals surface area contributed by atoms with E-state index in [1.54, 1.807) is 45.3 Å². The Balaban J connectivity index is 1.43. The number of rotatable bonds is 5. The van der Waals surface area contributed by atoms with Crippen molar-refractivity contribution in [3.8, 4) is 10.6 Å². The van der Waals surface area contributed by atoms with Gasteiger partial charge in [-0.15, -0.1) is 11.3 Å². The molecule has 29 heavy (non-hydrogen) atoms. The molecule has 3 aromatic rings. The monoisotopic (exact) mass is 447 g/mol. The number of piperidine rings is 1. The van der Waals surface area contributed by atoms with Crippen LogP contribution in [0.5, 0.6) is 0 Å². The Kier molecular flexibility index (Phi) is 5.82. The van der Waals surface area contributed by atoms with Gasteiger partial charge in [-0.05, 0) is 54.5 Å². The Morgan fingerprint density at radius 3 is 2.52 bits per heavy atom. The molecule has 1 amide bonds. The number of nitrogens with one attached hydrogen (secondary N) is 1. The summed E-state index contributed by atoms with van der Waals surface area (Å²) in [6.45, 7) is 3.25. The summed E-state index contributed by atoms with van der Waals surface area (Å²) in [5, 5.41) is 9.26. The van der Waals surface area contributed by atoms with Crippen LogP contribution in [0.25, 0.3) is 10.6 Å². The fraction of sp³-hybridized carbons (Fsp3) is 0.300. The molecule has 0 radical (unpaired) electrons. The summed E-state index contributed by atoms with van der Waals surface area (Å²) in [6.07, 6.45) is 1.77. The van der Waals surface area contributed by atoms with Gasteiger partial charge in [-0.3, -0.25) is 4.79 Å². The quantitative estimate of drug-likeness (QED) is 0.623. The van der Waals surface area contributed by atoms with Gasteiger partial charge in [0.2, 0.25) is 10.0 Å². The average molecular weight is 448 g/mol. The maximum atomic E-state index is 12.8. The Hall–Kier alpha value is -2.07. The Morgan fingerprint density at radius 1 is 1.14 bits per heavy atom. The number of thiazole rings is 1. The number of hydrogen-bond acceptors (Lipinski definition) is 6. The molecule has 152 valence electrons. The van der Waals surface area contributed by atoms with Crippen LogP contribution in [-0.2, 0) is 10.0 Å². The topological polar surface area (TPSA) is 79.4 Å². The maximum absolute atomic E-state index is 12.8. The van der Waals surface area contributed by atoms with Gasteiger partial charge in [0.05, 0.1) is 4.90 Å². The van der Waals surface area contributed by atoms with Crippen molar-refractivity contribution in [3.05, 3.63) is 52.2 Å². The molecule has 0 unspecified atom stereocenters. The standard InChI is InChI=1S/C20H21N3O3S3/c1-14-6-9-23(10-7-14)29(25,26)17-4-2-16(3-5-17)21-19(24)18-13-28-20(22-18)15-8-11-27-12-15/h2-5,8,11-14H,6-7,9-10H2,1H3,(H,21,24). The summed E-state index contributed by atoms with van der Waals surface area (Å²) < 4.78 is 27.1. The van der Waals surface area contributed by atoms with Crippen molar-refractivity contribution in [2.45, 2.75) is 24.7 Å². The summed E-state index contributed by atoms with van der Waals surface area (Å²) in [5.41, 5.74) is 1.88. The molecule has 0 atom stereocenters. The lowest BCUT2D eigenvalue weighted by molar-refractivity contribution is 0.102. The van der Waals surface area contributed by atoms with Gasteiger partial charge in [-0.1, -0.05) is 6.92 Å². The number of nitrogens with zero attached hydrogens (tertiary/aromatic N) is 2. The van der Waals surface area contributed by atoms with E-state index in [1.807, 2.05) is 16.8 Å². The van der Waals surface area contributed by atoms with E-state index in [4.69, 9.17) is 0 Å². The third-order valence-corrected chi connectivity index (χ3v) is 8.48. The lowest BCUT2D eigenvalue weighted by Gasteiger charge is -2.29. The molecule has 1 saturated heterocycles. The van der Waals surface area contributed by atoms with Gasteiger partial charge in [0.1, 0.15) is 10.7 Å². The molecule has 2 aromatic heterocycles. The van der Waals surface area contributed by atoms with Crippen molar-refractivity contribution < 1.29 is 13.2 Å². The second-order valence-corrected chi connectivity index (χ2v) is 10.7. The molecule has 0 aliphatic carbocycles. The summed E-state index contributed by atoms with van der Waals surface area (Å²) in [4.78, 5) is 17.1. The molecule has 6 nitrogen and oxygen atoms in total. The van der Waals surface area contributed by atoms with E-state index < -0.39 is 10.0 Å². The van der Waals surface area contributed by atoms with E-state index in [0.717, 1.165) is 23.4 Å². The predicted octanol–water partition coefficient (Wildman–Crippen LogP) is 4.54. The highest BCUT2D eigenvalue weighted by atomic mass is 32.2. The van der Waals surface area contributed by atoms with E-state index in [-0.39, 0.29) is 10.8 Å². The fourth-order valence-electron chi connectivity index (χ4n) is 3.18. The first-order chi connectivity index (χ1) is 13.9. The number of carbonyl (C=O) groups is 1. The maximum Gasteiger partial charge on any atom is 0.275 e. The molecule has 0 spiro atoms. The summed E-state index contributed by atoms with van der Waals surface area (Å²) in [7, 11) is -3.49. The van der Waals surface area contributed by atoms with Crippen LogP contribution in [0.1, 0.15) is 30.3 Å². The Bertz CT molecular complexity index is 1080. The molecule has 0 saturated carbocycles. The van der Waals surface area contributed by atoms with Crippen molar-refractivity contribution in [2.24, 2.45) is 5.92 Å². The van der Waals surface area contributed by atoms with Gasteiger partial charge in [-0.2, -0.15) is 15.6 Å². The molecule has 1 aromatic carbocycles. The number of sulfonamides is 1. The summed E-state index contributed by atoms with van der Waals surface area (Å²) in [6, 6.07) is 8.28. The molecular formula is C20H21N3O3S3. The first kappa shape index (κ1) is 20.2. The fourth-order valence-corrected chi connectivity index (χ4v) is 6.16. The van der Waals surface area contributed by atoms with Crippen molar-refractivity contribution >= 4 is 44.3 Å². The molecule has 1 aliphatic rings. The molecule has 1 fully saturated rings. The number of benzene rings is 1. The van der Waals surface area contributed by atoms with Crippen LogP contribution in [0.15, 0.2) is 51.4 Å². The number of hydrogen-bond donors (Lipinski definition) is 1. The van der Waals surface area contributed by atoms with Crippen LogP contribution < -0.4 is 5.32 Å². The van der Waals surface area contributed by atoms with Gasteiger partial charge in [0, 0.05) is 35.1 Å². The van der Waals surface area contributed by atoms with E-state index >= 15 is 0 Å². The minimum Gasteiger partial charge on any atom is -0.321 e. The lowest BCUT2D eigenvalue weighted by Crippen LogP contribution is -2.37. The van der Waals surface area contributed by atoms with Gasteiger partial charge >= 0.3 is 0 Å². The van der Waals surface area contributed by atoms with Crippen molar-refractivity contribution in [1.29, 1.82) is 0 Å².